The van der Waals surface area contributed by atoms with E-state index in [2.05, 4.69) is 47.9 Å². The Kier molecular flexibility index (Phi) is 6.18. The summed E-state index contributed by atoms with van der Waals surface area (Å²) in [4.78, 5) is 4.84. The lowest BCUT2D eigenvalue weighted by molar-refractivity contribution is 0.0731. The molecule has 1 heterocycles. The molecule has 0 aromatic heterocycles. The Bertz CT molecular complexity index is 430. The van der Waals surface area contributed by atoms with Crippen molar-refractivity contribution < 1.29 is 5.11 Å². The van der Waals surface area contributed by atoms with Crippen molar-refractivity contribution >= 4 is 0 Å². The molecule has 0 bridgehead atoms. The van der Waals surface area contributed by atoms with Crippen LogP contribution in [0.3, 0.4) is 0 Å². The van der Waals surface area contributed by atoms with E-state index in [1.165, 1.54) is 11.1 Å². The first-order valence-electron chi connectivity index (χ1n) is 8.05. The molecule has 1 aliphatic rings. The zero-order valence-corrected chi connectivity index (χ0v) is 13.3. The fourth-order valence-corrected chi connectivity index (χ4v) is 3.25. The number of nitrogens with zero attached hydrogens (tertiary/aromatic N) is 2. The minimum atomic E-state index is 0.162. The molecule has 1 fully saturated rings. The fourth-order valence-electron chi connectivity index (χ4n) is 3.25. The molecule has 0 radical (unpaired) electrons. The van der Waals surface area contributed by atoms with Crippen LogP contribution in [0.5, 0.6) is 0 Å². The standard InChI is InChI=1S/C17H29N3O/c1-3-16(18)17(15-7-5-4-6-14(15)2)20-10-8-19(9-11-20)12-13-21/h4-7,16-17,21H,3,8-13,18H2,1-2H3. The molecule has 21 heavy (non-hydrogen) atoms. The molecule has 1 aromatic rings. The molecule has 0 amide bonds. The summed E-state index contributed by atoms with van der Waals surface area (Å²) in [5, 5.41) is 9.06. The highest BCUT2D eigenvalue weighted by molar-refractivity contribution is 5.30. The molecule has 2 unspecified atom stereocenters. The molecule has 0 saturated carbocycles. The average Bonchev–Trinajstić information content (AvgIpc) is 2.51. The Morgan fingerprint density at radius 2 is 1.86 bits per heavy atom. The number of hydrogen-bond acceptors (Lipinski definition) is 4. The lowest BCUT2D eigenvalue weighted by Gasteiger charge is -2.42. The maximum atomic E-state index is 9.06. The molecule has 118 valence electrons. The van der Waals surface area contributed by atoms with Crippen molar-refractivity contribution in [2.75, 3.05) is 39.3 Å². The molecule has 4 heteroatoms. The predicted molar refractivity (Wildman–Crippen MR) is 87.3 cm³/mol. The maximum absolute atomic E-state index is 9.06. The van der Waals surface area contributed by atoms with Crippen molar-refractivity contribution in [3.8, 4) is 0 Å². The van der Waals surface area contributed by atoms with Crippen molar-refractivity contribution in [2.24, 2.45) is 5.73 Å². The lowest BCUT2D eigenvalue weighted by Crippen LogP contribution is -2.51. The van der Waals surface area contributed by atoms with Crippen LogP contribution in [0.4, 0.5) is 0 Å². The second-order valence-corrected chi connectivity index (χ2v) is 5.97. The van der Waals surface area contributed by atoms with Gasteiger partial charge in [0.2, 0.25) is 0 Å². The van der Waals surface area contributed by atoms with E-state index < -0.39 is 0 Å². The largest absolute Gasteiger partial charge is 0.395 e. The average molecular weight is 291 g/mol. The number of aliphatic hydroxyl groups excluding tert-OH is 1. The third-order valence-corrected chi connectivity index (χ3v) is 4.60. The Balaban J connectivity index is 2.13. The number of nitrogens with two attached hydrogens (primary N) is 1. The van der Waals surface area contributed by atoms with E-state index in [1.54, 1.807) is 0 Å². The normalized spacial score (nSPS) is 20.4. The van der Waals surface area contributed by atoms with E-state index in [-0.39, 0.29) is 12.6 Å². The van der Waals surface area contributed by atoms with Crippen LogP contribution in [0.1, 0.15) is 30.5 Å². The van der Waals surface area contributed by atoms with Gasteiger partial charge in [0.1, 0.15) is 0 Å². The van der Waals surface area contributed by atoms with Crippen LogP contribution in [0.2, 0.25) is 0 Å². The van der Waals surface area contributed by atoms with E-state index in [0.29, 0.717) is 6.04 Å². The van der Waals surface area contributed by atoms with E-state index in [4.69, 9.17) is 10.8 Å². The number of hydrogen-bond donors (Lipinski definition) is 2. The topological polar surface area (TPSA) is 52.7 Å². The molecule has 0 aliphatic carbocycles. The van der Waals surface area contributed by atoms with Crippen molar-refractivity contribution in [1.82, 2.24) is 9.80 Å². The van der Waals surface area contributed by atoms with Gasteiger partial charge in [-0.1, -0.05) is 31.2 Å². The van der Waals surface area contributed by atoms with Crippen LogP contribution in [-0.2, 0) is 0 Å². The highest BCUT2D eigenvalue weighted by atomic mass is 16.3. The highest BCUT2D eigenvalue weighted by Crippen LogP contribution is 2.28. The summed E-state index contributed by atoms with van der Waals surface area (Å²) < 4.78 is 0. The molecule has 2 atom stereocenters. The summed E-state index contributed by atoms with van der Waals surface area (Å²) in [7, 11) is 0. The first kappa shape index (κ1) is 16.4. The van der Waals surface area contributed by atoms with Gasteiger partial charge < -0.3 is 10.8 Å². The minimum Gasteiger partial charge on any atom is -0.395 e. The molecule has 1 saturated heterocycles. The fraction of sp³-hybridized carbons (Fsp3) is 0.647. The van der Waals surface area contributed by atoms with E-state index in [9.17, 15) is 0 Å². The SMILES string of the molecule is CCC(N)C(c1ccccc1C)N1CCN(CCO)CC1. The van der Waals surface area contributed by atoms with Crippen molar-refractivity contribution in [3.05, 3.63) is 35.4 Å². The number of benzene rings is 1. The number of rotatable bonds is 6. The van der Waals surface area contributed by atoms with Crippen LogP contribution in [0.15, 0.2) is 24.3 Å². The lowest BCUT2D eigenvalue weighted by atomic mass is 9.92. The predicted octanol–water partition coefficient (Wildman–Crippen LogP) is 1.38. The van der Waals surface area contributed by atoms with Gasteiger partial charge in [-0.25, -0.2) is 0 Å². The third kappa shape index (κ3) is 4.04. The summed E-state index contributed by atoms with van der Waals surface area (Å²) in [5.74, 6) is 0. The minimum absolute atomic E-state index is 0.162. The van der Waals surface area contributed by atoms with Gasteiger partial charge in [0.15, 0.2) is 0 Å². The number of piperazine rings is 1. The first-order chi connectivity index (χ1) is 10.2. The van der Waals surface area contributed by atoms with Crippen LogP contribution in [0, 0.1) is 6.92 Å². The van der Waals surface area contributed by atoms with E-state index in [0.717, 1.165) is 39.1 Å². The van der Waals surface area contributed by atoms with Gasteiger partial charge >= 0.3 is 0 Å². The van der Waals surface area contributed by atoms with Gasteiger partial charge in [-0.15, -0.1) is 0 Å². The summed E-state index contributed by atoms with van der Waals surface area (Å²) in [6.45, 7) is 9.43. The van der Waals surface area contributed by atoms with Crippen molar-refractivity contribution in [2.45, 2.75) is 32.4 Å². The summed E-state index contributed by atoms with van der Waals surface area (Å²) in [6, 6.07) is 9.05. The van der Waals surface area contributed by atoms with Gasteiger partial charge in [-0.2, -0.15) is 0 Å². The Morgan fingerprint density at radius 3 is 2.43 bits per heavy atom. The molecule has 4 nitrogen and oxygen atoms in total. The Morgan fingerprint density at radius 1 is 1.19 bits per heavy atom. The van der Waals surface area contributed by atoms with Gasteiger partial charge in [0.25, 0.3) is 0 Å². The summed E-state index contributed by atoms with van der Waals surface area (Å²) >= 11 is 0. The first-order valence-corrected chi connectivity index (χ1v) is 8.05. The Hall–Kier alpha value is -0.940. The van der Waals surface area contributed by atoms with Gasteiger partial charge in [-0.3, -0.25) is 9.80 Å². The molecule has 2 rings (SSSR count). The quantitative estimate of drug-likeness (QED) is 0.831. The highest BCUT2D eigenvalue weighted by Gasteiger charge is 2.29. The molecular formula is C17H29N3O. The molecule has 0 spiro atoms. The van der Waals surface area contributed by atoms with Gasteiger partial charge in [0, 0.05) is 38.8 Å². The van der Waals surface area contributed by atoms with Crippen LogP contribution < -0.4 is 5.73 Å². The summed E-state index contributed by atoms with van der Waals surface area (Å²) in [5.41, 5.74) is 9.13. The van der Waals surface area contributed by atoms with E-state index in [1.807, 2.05) is 0 Å². The number of aliphatic hydroxyl groups is 1. The zero-order valence-electron chi connectivity index (χ0n) is 13.3. The third-order valence-electron chi connectivity index (χ3n) is 4.60. The van der Waals surface area contributed by atoms with Crippen molar-refractivity contribution in [1.29, 1.82) is 0 Å². The van der Waals surface area contributed by atoms with Gasteiger partial charge in [0.05, 0.1) is 12.6 Å². The maximum Gasteiger partial charge on any atom is 0.0558 e. The second-order valence-electron chi connectivity index (χ2n) is 5.97. The molecular weight excluding hydrogens is 262 g/mol. The van der Waals surface area contributed by atoms with Crippen LogP contribution in [0.25, 0.3) is 0 Å². The summed E-state index contributed by atoms with van der Waals surface area (Å²) in [6.07, 6.45) is 0.982. The van der Waals surface area contributed by atoms with Crippen LogP contribution >= 0.6 is 0 Å². The zero-order chi connectivity index (χ0) is 15.2. The molecule has 3 N–H and O–H groups in total. The second kappa shape index (κ2) is 7.90. The van der Waals surface area contributed by atoms with Gasteiger partial charge in [-0.05, 0) is 24.5 Å². The smallest absolute Gasteiger partial charge is 0.0558 e. The molecule has 1 aliphatic heterocycles. The van der Waals surface area contributed by atoms with Crippen molar-refractivity contribution in [3.63, 3.8) is 0 Å². The monoisotopic (exact) mass is 291 g/mol. The van der Waals surface area contributed by atoms with E-state index >= 15 is 0 Å². The van der Waals surface area contributed by atoms with Crippen LogP contribution in [-0.4, -0.2) is 60.3 Å². The Labute approximate surface area is 128 Å². The number of β-amino-alcohol motifs (C(OH)–C–C–N with tert-alkyl or cyclic N) is 1. The molecule has 1 aromatic carbocycles. The number of aryl methyl sites for hydroxylation is 1.